The van der Waals surface area contributed by atoms with Crippen molar-refractivity contribution >= 4 is 27.3 Å². The van der Waals surface area contributed by atoms with Gasteiger partial charge in [-0.2, -0.15) is 0 Å². The minimum atomic E-state index is -4.18. The van der Waals surface area contributed by atoms with Crippen molar-refractivity contribution in [3.8, 4) is 11.5 Å². The Morgan fingerprint density at radius 2 is 1.76 bits per heavy atom. The Balaban J connectivity index is 1.55. The number of amides is 1. The van der Waals surface area contributed by atoms with Crippen molar-refractivity contribution in [2.45, 2.75) is 11.4 Å². The van der Waals surface area contributed by atoms with Crippen molar-refractivity contribution in [1.82, 2.24) is 4.90 Å². The first-order chi connectivity index (χ1) is 16.2. The van der Waals surface area contributed by atoms with Gasteiger partial charge in [-0.3, -0.25) is 19.6 Å². The standard InChI is InChI=1S/C23H21N3O7S/c1-25(15-16-9-10-21-22(13-16)33-12-11-32-21)23(27)19-7-2-3-8-20(19)24-34(30,31)18-6-4-5-17(14-18)26(28)29/h2-10,13-14,24H,11-12,15H2,1H3. The number of hydrogen-bond acceptors (Lipinski definition) is 7. The van der Waals surface area contributed by atoms with E-state index in [2.05, 4.69) is 4.72 Å². The summed E-state index contributed by atoms with van der Waals surface area (Å²) in [7, 11) is -2.57. The van der Waals surface area contributed by atoms with E-state index in [-0.39, 0.29) is 28.4 Å². The molecule has 4 rings (SSSR count). The molecule has 3 aromatic rings. The maximum absolute atomic E-state index is 13.2. The Labute approximate surface area is 195 Å². The zero-order valence-electron chi connectivity index (χ0n) is 18.1. The number of nitrogens with one attached hydrogen (secondary N) is 1. The van der Waals surface area contributed by atoms with Crippen LogP contribution in [-0.2, 0) is 16.6 Å². The molecular formula is C23H21N3O7S. The number of carbonyl (C=O) groups is 1. The van der Waals surface area contributed by atoms with Crippen molar-refractivity contribution in [3.05, 3.63) is 88.0 Å². The maximum Gasteiger partial charge on any atom is 0.270 e. The first-order valence-electron chi connectivity index (χ1n) is 10.2. The van der Waals surface area contributed by atoms with Gasteiger partial charge >= 0.3 is 0 Å². The van der Waals surface area contributed by atoms with E-state index in [1.807, 2.05) is 6.07 Å². The van der Waals surface area contributed by atoms with Crippen LogP contribution in [0.1, 0.15) is 15.9 Å². The van der Waals surface area contributed by atoms with Gasteiger partial charge in [0.15, 0.2) is 11.5 Å². The van der Waals surface area contributed by atoms with Gasteiger partial charge in [-0.25, -0.2) is 8.42 Å². The second-order valence-electron chi connectivity index (χ2n) is 7.54. The van der Waals surface area contributed by atoms with Crippen molar-refractivity contribution in [1.29, 1.82) is 0 Å². The Morgan fingerprint density at radius 3 is 2.53 bits per heavy atom. The number of anilines is 1. The third kappa shape index (κ3) is 4.94. The largest absolute Gasteiger partial charge is 0.486 e. The minimum absolute atomic E-state index is 0.0630. The number of hydrogen-bond donors (Lipinski definition) is 1. The van der Waals surface area contributed by atoms with Crippen LogP contribution in [0.2, 0.25) is 0 Å². The Hall–Kier alpha value is -4.12. The molecule has 0 radical (unpaired) electrons. The SMILES string of the molecule is CN(Cc1ccc2c(c1)OCCO2)C(=O)c1ccccc1NS(=O)(=O)c1cccc([N+](=O)[O-])c1. The number of nitrogens with zero attached hydrogens (tertiary/aromatic N) is 2. The first kappa shape index (κ1) is 23.1. The average Bonchev–Trinajstić information content (AvgIpc) is 2.83. The minimum Gasteiger partial charge on any atom is -0.486 e. The van der Waals surface area contributed by atoms with E-state index in [1.54, 1.807) is 31.3 Å². The van der Waals surface area contributed by atoms with Gasteiger partial charge in [0.05, 0.1) is 21.1 Å². The summed E-state index contributed by atoms with van der Waals surface area (Å²) in [6.45, 7) is 1.18. The molecule has 11 heteroatoms. The number of sulfonamides is 1. The Kier molecular flexibility index (Phi) is 6.37. The number of carbonyl (C=O) groups excluding carboxylic acids is 1. The summed E-state index contributed by atoms with van der Waals surface area (Å²) in [5.74, 6) is 0.840. The van der Waals surface area contributed by atoms with Crippen LogP contribution in [0, 0.1) is 10.1 Å². The average molecular weight is 484 g/mol. The van der Waals surface area contributed by atoms with E-state index in [0.29, 0.717) is 24.7 Å². The molecule has 0 saturated carbocycles. The summed E-state index contributed by atoms with van der Waals surface area (Å²) >= 11 is 0. The smallest absolute Gasteiger partial charge is 0.270 e. The molecule has 0 fully saturated rings. The Bertz CT molecular complexity index is 1360. The van der Waals surface area contributed by atoms with Crippen molar-refractivity contribution in [2.24, 2.45) is 0 Å². The van der Waals surface area contributed by atoms with E-state index in [9.17, 15) is 23.3 Å². The van der Waals surface area contributed by atoms with E-state index >= 15 is 0 Å². The van der Waals surface area contributed by atoms with Gasteiger partial charge in [-0.1, -0.05) is 24.3 Å². The van der Waals surface area contributed by atoms with E-state index < -0.39 is 20.9 Å². The van der Waals surface area contributed by atoms with Crippen LogP contribution < -0.4 is 14.2 Å². The fraction of sp³-hybridized carbons (Fsp3) is 0.174. The lowest BCUT2D eigenvalue weighted by Crippen LogP contribution is -2.27. The molecule has 0 atom stereocenters. The maximum atomic E-state index is 13.2. The second kappa shape index (κ2) is 9.40. The van der Waals surface area contributed by atoms with Crippen LogP contribution in [0.15, 0.2) is 71.6 Å². The molecular weight excluding hydrogens is 462 g/mol. The normalized spacial score (nSPS) is 12.6. The predicted molar refractivity (Wildman–Crippen MR) is 124 cm³/mol. The Morgan fingerprint density at radius 1 is 1.03 bits per heavy atom. The van der Waals surface area contributed by atoms with Gasteiger partial charge in [-0.05, 0) is 35.9 Å². The summed E-state index contributed by atoms with van der Waals surface area (Å²) in [6.07, 6.45) is 0. The second-order valence-corrected chi connectivity index (χ2v) is 9.23. The topological polar surface area (TPSA) is 128 Å². The number of non-ortho nitro benzene ring substituents is 1. The molecule has 0 saturated heterocycles. The van der Waals surface area contributed by atoms with Gasteiger partial charge in [0.1, 0.15) is 13.2 Å². The predicted octanol–water partition coefficient (Wildman–Crippen LogP) is 3.44. The van der Waals surface area contributed by atoms with E-state index in [4.69, 9.17) is 9.47 Å². The van der Waals surface area contributed by atoms with Gasteiger partial charge < -0.3 is 14.4 Å². The number of ether oxygens (including phenoxy) is 2. The van der Waals surface area contributed by atoms with E-state index in [1.165, 1.54) is 35.2 Å². The molecule has 0 aromatic heterocycles. The molecule has 0 unspecified atom stereocenters. The molecule has 1 heterocycles. The molecule has 0 spiro atoms. The summed E-state index contributed by atoms with van der Waals surface area (Å²) in [5, 5.41) is 11.0. The highest BCUT2D eigenvalue weighted by molar-refractivity contribution is 7.92. The van der Waals surface area contributed by atoms with Crippen LogP contribution in [-0.4, -0.2) is 44.4 Å². The molecule has 1 aliphatic heterocycles. The molecule has 0 bridgehead atoms. The molecule has 1 aliphatic rings. The molecule has 1 N–H and O–H groups in total. The van der Waals surface area contributed by atoms with Crippen LogP contribution in [0.5, 0.6) is 11.5 Å². The zero-order chi connectivity index (χ0) is 24.3. The fourth-order valence-corrected chi connectivity index (χ4v) is 4.58. The van der Waals surface area contributed by atoms with Crippen LogP contribution >= 0.6 is 0 Å². The number of fused-ring (bicyclic) bond motifs is 1. The molecule has 10 nitrogen and oxygen atoms in total. The van der Waals surface area contributed by atoms with Crippen LogP contribution in [0.25, 0.3) is 0 Å². The lowest BCUT2D eigenvalue weighted by atomic mass is 10.1. The highest BCUT2D eigenvalue weighted by Crippen LogP contribution is 2.31. The van der Waals surface area contributed by atoms with Gasteiger partial charge in [-0.15, -0.1) is 0 Å². The van der Waals surface area contributed by atoms with Crippen molar-refractivity contribution in [2.75, 3.05) is 25.0 Å². The lowest BCUT2D eigenvalue weighted by Gasteiger charge is -2.22. The molecule has 176 valence electrons. The summed E-state index contributed by atoms with van der Waals surface area (Å²) in [4.78, 5) is 24.7. The number of nitro benzene ring substituents is 1. The van der Waals surface area contributed by atoms with Gasteiger partial charge in [0, 0.05) is 25.7 Å². The number of benzene rings is 3. The molecule has 0 aliphatic carbocycles. The van der Waals surface area contributed by atoms with E-state index in [0.717, 1.165) is 11.6 Å². The third-order valence-corrected chi connectivity index (χ3v) is 6.48. The highest BCUT2D eigenvalue weighted by Gasteiger charge is 2.22. The lowest BCUT2D eigenvalue weighted by molar-refractivity contribution is -0.385. The summed E-state index contributed by atoms with van der Waals surface area (Å²) < 4.78 is 39.2. The summed E-state index contributed by atoms with van der Waals surface area (Å²) in [5.41, 5.74) is 0.658. The third-order valence-electron chi connectivity index (χ3n) is 5.11. The zero-order valence-corrected chi connectivity index (χ0v) is 18.9. The first-order valence-corrected chi connectivity index (χ1v) is 11.7. The summed E-state index contributed by atoms with van der Waals surface area (Å²) in [6, 6.07) is 16.3. The quantitative estimate of drug-likeness (QED) is 0.403. The van der Waals surface area contributed by atoms with Crippen LogP contribution in [0.3, 0.4) is 0 Å². The monoisotopic (exact) mass is 483 g/mol. The van der Waals surface area contributed by atoms with Crippen LogP contribution in [0.4, 0.5) is 11.4 Å². The highest BCUT2D eigenvalue weighted by atomic mass is 32.2. The van der Waals surface area contributed by atoms with Gasteiger partial charge in [0.2, 0.25) is 0 Å². The number of para-hydroxylation sites is 1. The van der Waals surface area contributed by atoms with Gasteiger partial charge in [0.25, 0.3) is 21.6 Å². The molecule has 1 amide bonds. The fourth-order valence-electron chi connectivity index (χ4n) is 3.46. The molecule has 34 heavy (non-hydrogen) atoms. The molecule has 3 aromatic carbocycles. The number of nitro groups is 1. The van der Waals surface area contributed by atoms with Crippen molar-refractivity contribution < 1.29 is 27.6 Å². The van der Waals surface area contributed by atoms with Crippen molar-refractivity contribution in [3.63, 3.8) is 0 Å². The number of rotatable bonds is 7.